The molecule has 0 N–H and O–H groups in total. The normalized spacial score (nSPS) is 11.0. The summed E-state index contributed by atoms with van der Waals surface area (Å²) in [6.07, 6.45) is 16.5. The topological polar surface area (TPSA) is 9.23 Å². The minimum atomic E-state index is 0.835. The third-order valence-corrected chi connectivity index (χ3v) is 5.92. The van der Waals surface area contributed by atoms with Gasteiger partial charge in [-0.1, -0.05) is 128 Å². The molecule has 0 unspecified atom stereocenters. The van der Waals surface area contributed by atoms with Crippen LogP contribution in [0.4, 0.5) is 0 Å². The standard InChI is InChI=1S/C22H36Br2O/c1-2-3-4-5-6-7-8-9-10-11-12-13-17-25-22-20(18-23)15-14-16-21(22)19-24/h14-16H,2-13,17-19H2,1H3. The maximum absolute atomic E-state index is 6.08. The third-order valence-electron chi connectivity index (χ3n) is 4.71. The summed E-state index contributed by atoms with van der Waals surface area (Å²) in [5, 5.41) is 1.70. The smallest absolute Gasteiger partial charge is 0.127 e. The Morgan fingerprint density at radius 3 is 1.56 bits per heavy atom. The lowest BCUT2D eigenvalue weighted by atomic mass is 10.1. The molecule has 0 aliphatic carbocycles. The van der Waals surface area contributed by atoms with Crippen molar-refractivity contribution in [2.75, 3.05) is 6.61 Å². The molecular weight excluding hydrogens is 440 g/mol. The predicted octanol–water partition coefficient (Wildman–Crippen LogP) is 8.56. The van der Waals surface area contributed by atoms with Crippen LogP contribution in [-0.2, 0) is 10.7 Å². The van der Waals surface area contributed by atoms with Gasteiger partial charge in [-0.3, -0.25) is 0 Å². The van der Waals surface area contributed by atoms with Gasteiger partial charge in [-0.25, -0.2) is 0 Å². The van der Waals surface area contributed by atoms with E-state index >= 15 is 0 Å². The van der Waals surface area contributed by atoms with Gasteiger partial charge in [0.15, 0.2) is 0 Å². The van der Waals surface area contributed by atoms with Crippen LogP contribution in [0.25, 0.3) is 0 Å². The number of halogens is 2. The molecule has 0 saturated heterocycles. The first-order valence-corrected chi connectivity index (χ1v) is 12.4. The molecule has 1 nitrogen and oxygen atoms in total. The van der Waals surface area contributed by atoms with E-state index in [2.05, 4.69) is 57.0 Å². The Hall–Kier alpha value is -0.0200. The van der Waals surface area contributed by atoms with E-state index in [1.54, 1.807) is 0 Å². The molecule has 0 aliphatic heterocycles. The molecule has 0 radical (unpaired) electrons. The molecule has 0 fully saturated rings. The Bertz CT molecular complexity index is 412. The van der Waals surface area contributed by atoms with Crippen LogP contribution in [0.2, 0.25) is 0 Å². The molecule has 0 aliphatic rings. The van der Waals surface area contributed by atoms with E-state index in [1.165, 1.54) is 81.8 Å². The van der Waals surface area contributed by atoms with Crippen molar-refractivity contribution >= 4 is 31.9 Å². The summed E-state index contributed by atoms with van der Waals surface area (Å²) in [4.78, 5) is 0. The molecule has 25 heavy (non-hydrogen) atoms. The molecule has 0 heterocycles. The van der Waals surface area contributed by atoms with Crippen LogP contribution >= 0.6 is 31.9 Å². The van der Waals surface area contributed by atoms with Crippen LogP contribution in [0.1, 0.15) is 95.1 Å². The van der Waals surface area contributed by atoms with Gasteiger partial charge in [0.25, 0.3) is 0 Å². The van der Waals surface area contributed by atoms with Gasteiger partial charge in [-0.15, -0.1) is 0 Å². The first kappa shape index (κ1) is 23.0. The number of rotatable bonds is 16. The van der Waals surface area contributed by atoms with E-state index in [0.29, 0.717) is 0 Å². The molecule has 1 rings (SSSR count). The van der Waals surface area contributed by atoms with Crippen LogP contribution in [0, 0.1) is 0 Å². The van der Waals surface area contributed by atoms with E-state index < -0.39 is 0 Å². The van der Waals surface area contributed by atoms with Gasteiger partial charge in [0.2, 0.25) is 0 Å². The van der Waals surface area contributed by atoms with Gasteiger partial charge in [-0.05, 0) is 6.42 Å². The zero-order valence-corrected chi connectivity index (χ0v) is 19.2. The Labute approximate surface area is 172 Å². The highest BCUT2D eigenvalue weighted by atomic mass is 79.9. The molecule has 3 heteroatoms. The van der Waals surface area contributed by atoms with Crippen molar-refractivity contribution in [3.63, 3.8) is 0 Å². The van der Waals surface area contributed by atoms with Crippen molar-refractivity contribution in [1.82, 2.24) is 0 Å². The molecule has 0 bridgehead atoms. The lowest BCUT2D eigenvalue weighted by Crippen LogP contribution is -2.02. The fourth-order valence-corrected chi connectivity index (χ4v) is 4.03. The molecule has 0 saturated carbocycles. The SMILES string of the molecule is CCCCCCCCCCCCCCOc1c(CBr)cccc1CBr. The van der Waals surface area contributed by atoms with Crippen molar-refractivity contribution < 1.29 is 4.74 Å². The number of benzene rings is 1. The number of unbranched alkanes of at least 4 members (excludes halogenated alkanes) is 11. The second-order valence-electron chi connectivity index (χ2n) is 6.91. The van der Waals surface area contributed by atoms with Crippen LogP contribution < -0.4 is 4.74 Å². The minimum Gasteiger partial charge on any atom is -0.493 e. The zero-order valence-electron chi connectivity index (χ0n) is 16.0. The summed E-state index contributed by atoms with van der Waals surface area (Å²) in [5.74, 6) is 1.07. The fourth-order valence-electron chi connectivity index (χ4n) is 3.15. The van der Waals surface area contributed by atoms with Gasteiger partial charge in [0, 0.05) is 21.8 Å². The highest BCUT2D eigenvalue weighted by Crippen LogP contribution is 2.28. The van der Waals surface area contributed by atoms with Crippen molar-refractivity contribution in [3.05, 3.63) is 29.3 Å². The van der Waals surface area contributed by atoms with Crippen LogP contribution in [0.15, 0.2) is 18.2 Å². The summed E-state index contributed by atoms with van der Waals surface area (Å²) < 4.78 is 6.08. The average Bonchev–Trinajstić information content (AvgIpc) is 2.65. The summed E-state index contributed by atoms with van der Waals surface area (Å²) in [5.41, 5.74) is 2.49. The number of hydrogen-bond acceptors (Lipinski definition) is 1. The Morgan fingerprint density at radius 1 is 0.680 bits per heavy atom. The lowest BCUT2D eigenvalue weighted by molar-refractivity contribution is 0.300. The van der Waals surface area contributed by atoms with Crippen molar-refractivity contribution in [1.29, 1.82) is 0 Å². The predicted molar refractivity (Wildman–Crippen MR) is 118 cm³/mol. The second-order valence-corrected chi connectivity index (χ2v) is 8.03. The number of ether oxygens (including phenoxy) is 1. The monoisotopic (exact) mass is 474 g/mol. The number of para-hydroxylation sites is 1. The van der Waals surface area contributed by atoms with E-state index in [-0.39, 0.29) is 0 Å². The Balaban J connectivity index is 2.01. The molecule has 0 amide bonds. The highest BCUT2D eigenvalue weighted by molar-refractivity contribution is 9.08. The third kappa shape index (κ3) is 10.7. The molecule has 144 valence electrons. The van der Waals surface area contributed by atoms with Crippen LogP contribution in [0.5, 0.6) is 5.75 Å². The van der Waals surface area contributed by atoms with Crippen molar-refractivity contribution in [2.24, 2.45) is 0 Å². The Kier molecular flexibility index (Phi) is 14.9. The number of hydrogen-bond donors (Lipinski definition) is 0. The first-order chi connectivity index (χ1) is 12.3. The zero-order chi connectivity index (χ0) is 18.2. The summed E-state index contributed by atoms with van der Waals surface area (Å²) >= 11 is 7.12. The molecular formula is C22H36Br2O. The van der Waals surface area contributed by atoms with Crippen LogP contribution in [-0.4, -0.2) is 6.61 Å². The van der Waals surface area contributed by atoms with Crippen molar-refractivity contribution in [3.8, 4) is 5.75 Å². The molecule has 0 aromatic heterocycles. The van der Waals surface area contributed by atoms with Gasteiger partial charge < -0.3 is 4.74 Å². The first-order valence-electron chi connectivity index (χ1n) is 10.2. The maximum atomic E-state index is 6.08. The van der Waals surface area contributed by atoms with E-state index in [9.17, 15) is 0 Å². The Morgan fingerprint density at radius 2 is 1.12 bits per heavy atom. The number of alkyl halides is 2. The summed E-state index contributed by atoms with van der Waals surface area (Å²) in [7, 11) is 0. The quantitative estimate of drug-likeness (QED) is 0.172. The highest BCUT2D eigenvalue weighted by Gasteiger charge is 2.08. The summed E-state index contributed by atoms with van der Waals surface area (Å²) in [6.45, 7) is 3.12. The van der Waals surface area contributed by atoms with Gasteiger partial charge in [0.05, 0.1) is 6.61 Å². The maximum Gasteiger partial charge on any atom is 0.127 e. The fraction of sp³-hybridized carbons (Fsp3) is 0.727. The molecule has 0 atom stereocenters. The molecule has 1 aromatic rings. The van der Waals surface area contributed by atoms with Gasteiger partial charge in [0.1, 0.15) is 5.75 Å². The van der Waals surface area contributed by atoms with E-state index in [4.69, 9.17) is 4.74 Å². The second kappa shape index (κ2) is 16.2. The largest absolute Gasteiger partial charge is 0.493 e. The van der Waals surface area contributed by atoms with Crippen LogP contribution in [0.3, 0.4) is 0 Å². The van der Waals surface area contributed by atoms with Gasteiger partial charge in [-0.2, -0.15) is 0 Å². The minimum absolute atomic E-state index is 0.835. The average molecular weight is 476 g/mol. The lowest BCUT2D eigenvalue weighted by Gasteiger charge is -2.13. The van der Waals surface area contributed by atoms with Gasteiger partial charge >= 0.3 is 0 Å². The molecule has 1 aromatic carbocycles. The van der Waals surface area contributed by atoms with Crippen molar-refractivity contribution in [2.45, 2.75) is 94.6 Å². The summed E-state index contributed by atoms with van der Waals surface area (Å²) in [6, 6.07) is 6.38. The molecule has 0 spiro atoms. The van der Waals surface area contributed by atoms with E-state index in [1.807, 2.05) is 0 Å². The van der Waals surface area contributed by atoms with E-state index in [0.717, 1.165) is 29.4 Å².